The minimum absolute atomic E-state index is 0.0624. The highest BCUT2D eigenvalue weighted by Crippen LogP contribution is 2.37. The number of amides is 1. The number of para-hydroxylation sites is 2. The second-order valence-corrected chi connectivity index (χ2v) is 8.13. The minimum atomic E-state index is -0.0624. The number of thiocarbonyl (C=S) groups is 1. The van der Waals surface area contributed by atoms with E-state index in [1.54, 1.807) is 4.90 Å². The van der Waals surface area contributed by atoms with Gasteiger partial charge in [0.15, 0.2) is 4.32 Å². The van der Waals surface area contributed by atoms with Gasteiger partial charge in [0.2, 0.25) is 0 Å². The van der Waals surface area contributed by atoms with Crippen molar-refractivity contribution in [1.29, 1.82) is 0 Å². The van der Waals surface area contributed by atoms with Crippen molar-refractivity contribution in [2.45, 2.75) is 19.9 Å². The van der Waals surface area contributed by atoms with Gasteiger partial charge in [0.1, 0.15) is 0 Å². The van der Waals surface area contributed by atoms with Gasteiger partial charge < -0.3 is 4.57 Å². The molecule has 5 heteroatoms. The number of carbonyl (C=O) groups is 1. The zero-order valence-electron chi connectivity index (χ0n) is 14.5. The van der Waals surface area contributed by atoms with Crippen molar-refractivity contribution >= 4 is 56.9 Å². The second-order valence-electron chi connectivity index (χ2n) is 6.46. The third kappa shape index (κ3) is 2.87. The lowest BCUT2D eigenvalue weighted by Gasteiger charge is -2.13. The molecule has 4 rings (SSSR count). The summed E-state index contributed by atoms with van der Waals surface area (Å²) in [5.41, 5.74) is 3.03. The maximum absolute atomic E-state index is 12.9. The molecule has 0 spiro atoms. The van der Waals surface area contributed by atoms with Crippen molar-refractivity contribution < 1.29 is 4.79 Å². The van der Waals surface area contributed by atoms with E-state index in [4.69, 9.17) is 12.2 Å². The topological polar surface area (TPSA) is 25.2 Å². The second kappa shape index (κ2) is 6.74. The summed E-state index contributed by atoms with van der Waals surface area (Å²) in [6.45, 7) is 4.32. The Balaban J connectivity index is 1.77. The largest absolute Gasteiger partial charge is 0.344 e. The van der Waals surface area contributed by atoms with Gasteiger partial charge in [-0.25, -0.2) is 0 Å². The van der Waals surface area contributed by atoms with E-state index < -0.39 is 0 Å². The van der Waals surface area contributed by atoms with Crippen molar-refractivity contribution in [3.8, 4) is 0 Å². The van der Waals surface area contributed by atoms with Crippen LogP contribution in [-0.2, 0) is 4.79 Å². The number of rotatable bonds is 3. The first-order chi connectivity index (χ1) is 12.6. The standard InChI is InChI=1S/C21H18N2OS2/c1-14(2)22-13-15(17-10-6-7-11-18(17)22)12-19-20(24)23(21(25)26-19)16-8-4-3-5-9-16/h3-14H,1-2H3/b19-12+. The van der Waals surface area contributed by atoms with Gasteiger partial charge in [0.25, 0.3) is 5.91 Å². The molecule has 3 aromatic rings. The van der Waals surface area contributed by atoms with E-state index in [0.29, 0.717) is 15.3 Å². The monoisotopic (exact) mass is 378 g/mol. The van der Waals surface area contributed by atoms with Crippen LogP contribution in [0, 0.1) is 0 Å². The molecule has 2 aromatic carbocycles. The van der Waals surface area contributed by atoms with Crippen LogP contribution < -0.4 is 4.90 Å². The van der Waals surface area contributed by atoms with Crippen molar-refractivity contribution in [2.24, 2.45) is 0 Å². The van der Waals surface area contributed by atoms with E-state index in [-0.39, 0.29) is 5.91 Å². The fourth-order valence-electron chi connectivity index (χ4n) is 3.18. The number of thioether (sulfide) groups is 1. The van der Waals surface area contributed by atoms with Crippen LogP contribution in [0.1, 0.15) is 25.5 Å². The Morgan fingerprint density at radius 1 is 1.04 bits per heavy atom. The fourth-order valence-corrected chi connectivity index (χ4v) is 4.47. The number of hydrogen-bond donors (Lipinski definition) is 0. The first kappa shape index (κ1) is 17.1. The molecule has 26 heavy (non-hydrogen) atoms. The summed E-state index contributed by atoms with van der Waals surface area (Å²) >= 11 is 6.81. The van der Waals surface area contributed by atoms with E-state index >= 15 is 0 Å². The van der Waals surface area contributed by atoms with Crippen LogP contribution in [0.2, 0.25) is 0 Å². The summed E-state index contributed by atoms with van der Waals surface area (Å²) < 4.78 is 2.80. The van der Waals surface area contributed by atoms with Gasteiger partial charge in [-0.1, -0.05) is 60.4 Å². The predicted octanol–water partition coefficient (Wildman–Crippen LogP) is 5.63. The summed E-state index contributed by atoms with van der Waals surface area (Å²) in [6.07, 6.45) is 4.08. The van der Waals surface area contributed by atoms with Crippen LogP contribution in [0.4, 0.5) is 5.69 Å². The third-order valence-corrected chi connectivity index (χ3v) is 5.72. The van der Waals surface area contributed by atoms with Crippen LogP contribution in [0.5, 0.6) is 0 Å². The SMILES string of the molecule is CC(C)n1cc(/C=C2/SC(=S)N(c3ccccc3)C2=O)c2ccccc21. The molecule has 1 saturated heterocycles. The van der Waals surface area contributed by atoms with Gasteiger partial charge in [0, 0.05) is 28.7 Å². The highest BCUT2D eigenvalue weighted by molar-refractivity contribution is 8.27. The molecule has 2 heterocycles. The predicted molar refractivity (Wildman–Crippen MR) is 114 cm³/mol. The normalized spacial score (nSPS) is 16.4. The summed E-state index contributed by atoms with van der Waals surface area (Å²) in [4.78, 5) is 15.2. The minimum Gasteiger partial charge on any atom is -0.344 e. The number of carbonyl (C=O) groups excluding carboxylic acids is 1. The molecule has 1 fully saturated rings. The highest BCUT2D eigenvalue weighted by Gasteiger charge is 2.33. The van der Waals surface area contributed by atoms with Crippen LogP contribution in [0.25, 0.3) is 17.0 Å². The lowest BCUT2D eigenvalue weighted by atomic mass is 10.1. The lowest BCUT2D eigenvalue weighted by Crippen LogP contribution is -2.27. The molecule has 0 bridgehead atoms. The van der Waals surface area contributed by atoms with Crippen LogP contribution in [0.3, 0.4) is 0 Å². The Labute approximate surface area is 162 Å². The highest BCUT2D eigenvalue weighted by atomic mass is 32.2. The molecule has 0 aliphatic carbocycles. The zero-order valence-corrected chi connectivity index (χ0v) is 16.2. The van der Waals surface area contributed by atoms with Gasteiger partial charge in [-0.3, -0.25) is 9.69 Å². The van der Waals surface area contributed by atoms with E-state index in [9.17, 15) is 4.79 Å². The smallest absolute Gasteiger partial charge is 0.270 e. The van der Waals surface area contributed by atoms with Gasteiger partial charge >= 0.3 is 0 Å². The zero-order chi connectivity index (χ0) is 18.3. The number of aromatic nitrogens is 1. The summed E-state index contributed by atoms with van der Waals surface area (Å²) in [6, 6.07) is 18.2. The van der Waals surface area contributed by atoms with Crippen molar-refractivity contribution in [2.75, 3.05) is 4.90 Å². The van der Waals surface area contributed by atoms with Crippen LogP contribution in [0.15, 0.2) is 65.7 Å². The molecule has 0 unspecified atom stereocenters. The van der Waals surface area contributed by atoms with E-state index in [1.165, 1.54) is 17.3 Å². The molecular weight excluding hydrogens is 360 g/mol. The van der Waals surface area contributed by atoms with E-state index in [2.05, 4.69) is 36.7 Å². The molecule has 1 amide bonds. The maximum atomic E-state index is 12.9. The Kier molecular flexibility index (Phi) is 4.42. The van der Waals surface area contributed by atoms with E-state index in [0.717, 1.165) is 16.6 Å². The average Bonchev–Trinajstić information content (AvgIpc) is 3.14. The summed E-state index contributed by atoms with van der Waals surface area (Å²) in [7, 11) is 0. The van der Waals surface area contributed by atoms with Gasteiger partial charge in [-0.15, -0.1) is 0 Å². The number of fused-ring (bicyclic) bond motifs is 1. The molecule has 0 radical (unpaired) electrons. The molecule has 1 aromatic heterocycles. The van der Waals surface area contributed by atoms with Crippen molar-refractivity contribution in [3.63, 3.8) is 0 Å². The summed E-state index contributed by atoms with van der Waals surface area (Å²) in [5, 5.41) is 1.14. The molecular formula is C21H18N2OS2. The van der Waals surface area contributed by atoms with Crippen molar-refractivity contribution in [1.82, 2.24) is 4.57 Å². The Morgan fingerprint density at radius 3 is 2.46 bits per heavy atom. The fraction of sp³-hybridized carbons (Fsp3) is 0.143. The average molecular weight is 379 g/mol. The maximum Gasteiger partial charge on any atom is 0.270 e. The van der Waals surface area contributed by atoms with Crippen LogP contribution >= 0.6 is 24.0 Å². The summed E-state index contributed by atoms with van der Waals surface area (Å²) in [5.74, 6) is -0.0624. The van der Waals surface area contributed by atoms with Crippen LogP contribution in [-0.4, -0.2) is 14.8 Å². The molecule has 0 N–H and O–H groups in total. The quantitative estimate of drug-likeness (QED) is 0.436. The third-order valence-electron chi connectivity index (χ3n) is 4.42. The molecule has 1 aliphatic heterocycles. The van der Waals surface area contributed by atoms with E-state index in [1.807, 2.05) is 48.5 Å². The van der Waals surface area contributed by atoms with Gasteiger partial charge in [-0.05, 0) is 38.1 Å². The lowest BCUT2D eigenvalue weighted by molar-refractivity contribution is -0.113. The molecule has 0 saturated carbocycles. The number of hydrogen-bond acceptors (Lipinski definition) is 3. The van der Waals surface area contributed by atoms with Gasteiger partial charge in [-0.2, -0.15) is 0 Å². The van der Waals surface area contributed by atoms with Gasteiger partial charge in [0.05, 0.1) is 10.6 Å². The van der Waals surface area contributed by atoms with Crippen molar-refractivity contribution in [3.05, 3.63) is 71.3 Å². The number of anilines is 1. The molecule has 0 atom stereocenters. The first-order valence-electron chi connectivity index (χ1n) is 8.49. The number of benzene rings is 2. The number of nitrogens with zero attached hydrogens (tertiary/aromatic N) is 2. The molecule has 3 nitrogen and oxygen atoms in total. The Bertz CT molecular complexity index is 1030. The molecule has 130 valence electrons. The Morgan fingerprint density at radius 2 is 1.73 bits per heavy atom. The molecule has 1 aliphatic rings. The first-order valence-corrected chi connectivity index (χ1v) is 9.71. The Hall–Kier alpha value is -2.37.